The molecule has 1 aromatic rings. The number of Topliss-reactive ketones (excluding diaryl/α,β-unsaturated/α-hetero) is 2. The summed E-state index contributed by atoms with van der Waals surface area (Å²) in [4.78, 5) is 51.9. The van der Waals surface area contributed by atoms with E-state index in [0.29, 0.717) is 11.3 Å². The molecule has 11 nitrogen and oxygen atoms in total. The maximum Gasteiger partial charge on any atom is 0.306 e. The number of carbonyl (C=O) groups is 4. The Balaban J connectivity index is 1.78. The number of ketones is 2. The summed E-state index contributed by atoms with van der Waals surface area (Å²) in [6, 6.07) is 1.65. The van der Waals surface area contributed by atoms with E-state index >= 15 is 0 Å². The predicted octanol–water partition coefficient (Wildman–Crippen LogP) is 2.34. The van der Waals surface area contributed by atoms with Crippen molar-refractivity contribution in [3.8, 4) is 5.75 Å². The number of carbonyl (C=O) groups excluding carboxylic acids is 4. The average molecular weight is 618 g/mol. The van der Waals surface area contributed by atoms with Crippen molar-refractivity contribution in [2.24, 2.45) is 17.6 Å². The number of phenols is 1. The molecule has 0 bridgehead atoms. The number of aliphatic hydroxyl groups is 3. The van der Waals surface area contributed by atoms with E-state index in [0.717, 1.165) is 0 Å². The zero-order valence-electron chi connectivity index (χ0n) is 21.5. The highest BCUT2D eigenvalue weighted by Gasteiger charge is 2.60. The minimum absolute atomic E-state index is 0.0212. The Hall–Kier alpha value is -2.99. The molecule has 3 aliphatic rings. The van der Waals surface area contributed by atoms with Crippen LogP contribution in [0.3, 0.4) is 0 Å². The minimum atomic E-state index is -2.65. The van der Waals surface area contributed by atoms with E-state index in [4.69, 9.17) is 45.3 Å². The molecule has 0 unspecified atom stereocenters. The van der Waals surface area contributed by atoms with Gasteiger partial charge in [0.2, 0.25) is 9.58 Å². The molecule has 0 radical (unpaired) electrons. The van der Waals surface area contributed by atoms with Crippen molar-refractivity contribution >= 4 is 69.7 Å². The number of fused-ring (bicyclic) bond motifs is 3. The van der Waals surface area contributed by atoms with Gasteiger partial charge in [-0.15, -0.1) is 0 Å². The van der Waals surface area contributed by atoms with E-state index in [1.54, 1.807) is 25.1 Å². The molecule has 0 aromatic heterocycles. The minimum Gasteiger partial charge on any atom is -0.508 e. The van der Waals surface area contributed by atoms with Crippen LogP contribution in [0.5, 0.6) is 5.75 Å². The van der Waals surface area contributed by atoms with Crippen LogP contribution in [0.2, 0.25) is 0 Å². The summed E-state index contributed by atoms with van der Waals surface area (Å²) in [5.41, 5.74) is 2.74. The van der Waals surface area contributed by atoms with Gasteiger partial charge in [-0.2, -0.15) is 0 Å². The second-order valence-corrected chi connectivity index (χ2v) is 12.8. The number of nitrogens with zero attached hydrogens (tertiary/aromatic N) is 1. The Kier molecular flexibility index (Phi) is 7.83. The molecular weight excluding hydrogens is 591 g/mol. The van der Waals surface area contributed by atoms with Crippen LogP contribution in [0, 0.1) is 11.8 Å². The summed E-state index contributed by atoms with van der Waals surface area (Å²) in [7, 11) is 3.47. The van der Waals surface area contributed by atoms with Crippen molar-refractivity contribution in [1.29, 1.82) is 0 Å². The first-order chi connectivity index (χ1) is 18.5. The van der Waals surface area contributed by atoms with Gasteiger partial charge in [-0.3, -0.25) is 19.2 Å². The van der Waals surface area contributed by atoms with Gasteiger partial charge in [0, 0.05) is 44.1 Å². The number of halogens is 3. The van der Waals surface area contributed by atoms with Gasteiger partial charge in [0.05, 0.1) is 5.56 Å². The Bertz CT molecular complexity index is 1400. The van der Waals surface area contributed by atoms with Gasteiger partial charge in [-0.1, -0.05) is 34.8 Å². The number of hydrogen-bond acceptors (Lipinski definition) is 10. The maximum atomic E-state index is 13.7. The largest absolute Gasteiger partial charge is 0.508 e. The lowest BCUT2D eigenvalue weighted by atomic mass is 9.59. The molecule has 0 spiro atoms. The monoisotopic (exact) mass is 616 g/mol. The molecule has 40 heavy (non-hydrogen) atoms. The lowest BCUT2D eigenvalue weighted by molar-refractivity contribution is -0.147. The van der Waals surface area contributed by atoms with Crippen LogP contribution in [0.4, 0.5) is 5.69 Å². The Labute approximate surface area is 243 Å². The van der Waals surface area contributed by atoms with Gasteiger partial charge < -0.3 is 35.8 Å². The smallest absolute Gasteiger partial charge is 0.306 e. The first-order valence-corrected chi connectivity index (χ1v) is 13.4. The Morgan fingerprint density at radius 3 is 2.40 bits per heavy atom. The molecule has 3 aliphatic carbocycles. The number of aliphatic hydroxyl groups excluding tert-OH is 2. The number of hydrogen-bond donors (Lipinski definition) is 5. The van der Waals surface area contributed by atoms with Crippen molar-refractivity contribution in [2.45, 2.75) is 41.5 Å². The molecule has 0 heterocycles. The first-order valence-electron chi connectivity index (χ1n) is 12.2. The van der Waals surface area contributed by atoms with E-state index in [-0.39, 0.29) is 42.4 Å². The number of phenolic OH excluding ortho intramolecular Hbond substituents is 1. The summed E-state index contributed by atoms with van der Waals surface area (Å²) in [5, 5.41) is 44.6. The van der Waals surface area contributed by atoms with Gasteiger partial charge in [-0.25, -0.2) is 0 Å². The molecule has 4 rings (SSSR count). The second-order valence-electron chi connectivity index (χ2n) is 10.3. The van der Waals surface area contributed by atoms with Crippen molar-refractivity contribution in [3.63, 3.8) is 0 Å². The third-order valence-electron chi connectivity index (χ3n) is 7.60. The van der Waals surface area contributed by atoms with Gasteiger partial charge in [0.1, 0.15) is 29.4 Å². The van der Waals surface area contributed by atoms with Crippen LogP contribution in [0.15, 0.2) is 23.0 Å². The van der Waals surface area contributed by atoms with Crippen LogP contribution >= 0.6 is 34.8 Å². The van der Waals surface area contributed by atoms with Crippen molar-refractivity contribution in [2.75, 3.05) is 25.6 Å². The number of nitrogens with two attached hydrogens (primary N) is 1. The number of aryl methyl sites for hydroxylation is 1. The summed E-state index contributed by atoms with van der Waals surface area (Å²) in [5.74, 6) is -7.75. The molecule has 1 amide bonds. The summed E-state index contributed by atoms with van der Waals surface area (Å²) >= 11 is 16.8. The Morgan fingerprint density at radius 2 is 1.82 bits per heavy atom. The van der Waals surface area contributed by atoms with Crippen LogP contribution in [-0.4, -0.2) is 74.0 Å². The molecule has 216 valence electrons. The van der Waals surface area contributed by atoms with Gasteiger partial charge >= 0.3 is 5.97 Å². The highest BCUT2D eigenvalue weighted by atomic mass is 35.6. The third kappa shape index (κ3) is 5.00. The van der Waals surface area contributed by atoms with E-state index in [1.165, 1.54) is 0 Å². The number of amides is 1. The fourth-order valence-electron chi connectivity index (χ4n) is 5.78. The van der Waals surface area contributed by atoms with Crippen LogP contribution in [0.25, 0.3) is 5.76 Å². The molecule has 1 saturated carbocycles. The SMILES string of the molecule is CN(C)c1cc(CCC(=O)OCC(Cl)(Cl)Cl)c(O)c2c1C[C@H]1C[C@H]3CC(=O)C(C(N)=O)=C(O)[C@@]3(O)C(=O)C1=C2O. The fraction of sp³-hybridized carbons (Fsp3) is 0.462. The summed E-state index contributed by atoms with van der Waals surface area (Å²) in [6.07, 6.45) is -0.462. The lowest BCUT2D eigenvalue weighted by Crippen LogP contribution is -2.58. The molecule has 3 atom stereocenters. The van der Waals surface area contributed by atoms with E-state index in [9.17, 15) is 39.6 Å². The molecule has 1 fully saturated rings. The van der Waals surface area contributed by atoms with Crippen molar-refractivity contribution in [1.82, 2.24) is 0 Å². The van der Waals surface area contributed by atoms with Crippen molar-refractivity contribution < 1.29 is 44.3 Å². The van der Waals surface area contributed by atoms with Crippen LogP contribution in [0.1, 0.15) is 36.0 Å². The number of aromatic hydroxyl groups is 1. The quantitative estimate of drug-likeness (QED) is 0.180. The Morgan fingerprint density at radius 1 is 1.18 bits per heavy atom. The number of rotatable bonds is 6. The lowest BCUT2D eigenvalue weighted by Gasteiger charge is -2.46. The molecule has 14 heteroatoms. The number of alkyl halides is 3. The van der Waals surface area contributed by atoms with Crippen molar-refractivity contribution in [3.05, 3.63) is 39.7 Å². The van der Waals surface area contributed by atoms with Crippen LogP contribution in [-0.2, 0) is 36.8 Å². The maximum absolute atomic E-state index is 13.7. The van der Waals surface area contributed by atoms with E-state index < -0.39 is 80.5 Å². The number of anilines is 1. The number of benzene rings is 1. The van der Waals surface area contributed by atoms with E-state index in [1.807, 2.05) is 0 Å². The molecule has 0 saturated heterocycles. The molecular formula is C26H27Cl3N2O9. The van der Waals surface area contributed by atoms with Crippen LogP contribution < -0.4 is 10.6 Å². The molecule has 6 N–H and O–H groups in total. The number of primary amides is 1. The van der Waals surface area contributed by atoms with E-state index in [2.05, 4.69) is 0 Å². The second kappa shape index (κ2) is 10.4. The third-order valence-corrected chi connectivity index (χ3v) is 7.92. The normalized spacial score (nSPS) is 24.4. The first kappa shape index (κ1) is 30.0. The van der Waals surface area contributed by atoms with Gasteiger partial charge in [0.25, 0.3) is 5.91 Å². The number of esters is 1. The predicted molar refractivity (Wildman–Crippen MR) is 145 cm³/mol. The average Bonchev–Trinajstić information content (AvgIpc) is 2.83. The molecule has 1 aromatic carbocycles. The van der Waals surface area contributed by atoms with Gasteiger partial charge in [-0.05, 0) is 42.4 Å². The molecule has 0 aliphatic heterocycles. The zero-order chi connectivity index (χ0) is 29.9. The summed E-state index contributed by atoms with van der Waals surface area (Å²) < 4.78 is 3.13. The standard InChI is InChI=1S/C26H27Cl3N2O9/c1-31(2)14-7-10(3-4-16(33)40-9-25(27,28)29)20(34)18-13(14)6-11-5-12-8-15(32)19(24(30)38)23(37)26(12,39)22(36)17(11)21(18)35/h7,11-12,34-35,37,39H,3-6,8-9H2,1-2H3,(H2,30,38)/t11-,12+,26+/m1/s1. The topological polar surface area (TPSA) is 188 Å². The van der Waals surface area contributed by atoms with Gasteiger partial charge in [0.15, 0.2) is 11.4 Å². The highest BCUT2D eigenvalue weighted by molar-refractivity contribution is 6.67. The highest BCUT2D eigenvalue weighted by Crippen LogP contribution is 2.53. The summed E-state index contributed by atoms with van der Waals surface area (Å²) in [6.45, 7) is -0.472. The zero-order valence-corrected chi connectivity index (χ0v) is 23.7. The number of ether oxygens (including phenoxy) is 1. The fourth-order valence-corrected chi connectivity index (χ4v) is 5.95.